The second-order valence-corrected chi connectivity index (χ2v) is 15.4. The van der Waals surface area contributed by atoms with Crippen LogP contribution in [0.15, 0.2) is 174 Å². The lowest BCUT2D eigenvalue weighted by Gasteiger charge is -2.11. The summed E-state index contributed by atoms with van der Waals surface area (Å²) in [4.78, 5) is 0. The predicted molar refractivity (Wildman–Crippen MR) is 233 cm³/mol. The standard InChI is InChI=1S/C52H34OS/c1-2-4-14-42(38-24-21-33-11-5-6-12-36(33)27-38)44-16-8-7-15-43(44)41(13-3-1)35-22-19-34(20-23-35)37-25-26-49-46(28-37)47-29-40-32-52-48(30-39(40)31-50(47)53-49)45-17-9-10-18-51(45)54-52/h1-6,9-32H,7-8H2. The number of furan rings is 1. The van der Waals surface area contributed by atoms with Gasteiger partial charge in [-0.3, -0.25) is 0 Å². The van der Waals surface area contributed by atoms with Crippen molar-refractivity contribution >= 4 is 87.1 Å². The summed E-state index contributed by atoms with van der Waals surface area (Å²) in [5.74, 6) is 0. The topological polar surface area (TPSA) is 13.1 Å². The molecule has 1 aliphatic rings. The summed E-state index contributed by atoms with van der Waals surface area (Å²) in [6, 6.07) is 62.1. The molecule has 11 rings (SSSR count). The second kappa shape index (κ2) is 12.6. The van der Waals surface area contributed by atoms with E-state index in [4.69, 9.17) is 4.42 Å². The maximum absolute atomic E-state index is 6.45. The number of fused-ring (bicyclic) bond motifs is 9. The van der Waals surface area contributed by atoms with Gasteiger partial charge in [0, 0.05) is 30.9 Å². The summed E-state index contributed by atoms with van der Waals surface area (Å²) in [7, 11) is 0. The zero-order chi connectivity index (χ0) is 35.6. The van der Waals surface area contributed by atoms with Crippen molar-refractivity contribution in [3.8, 4) is 33.4 Å². The van der Waals surface area contributed by atoms with Crippen LogP contribution in [0.3, 0.4) is 0 Å². The highest BCUT2D eigenvalue weighted by Gasteiger charge is 2.13. The average Bonchev–Trinajstić information content (AvgIpc) is 3.77. The normalized spacial score (nSPS) is 12.6. The van der Waals surface area contributed by atoms with E-state index >= 15 is 0 Å². The Balaban J connectivity index is 1.01. The Hall–Kier alpha value is -6.48. The van der Waals surface area contributed by atoms with Gasteiger partial charge in [0.2, 0.25) is 0 Å². The molecule has 0 aliphatic heterocycles. The molecule has 1 nitrogen and oxygen atoms in total. The predicted octanol–water partition coefficient (Wildman–Crippen LogP) is 13.7. The lowest BCUT2D eigenvalue weighted by molar-refractivity contribution is 0.669. The quantitative estimate of drug-likeness (QED) is 0.178. The van der Waals surface area contributed by atoms with Gasteiger partial charge < -0.3 is 4.42 Å². The van der Waals surface area contributed by atoms with Crippen LogP contribution >= 0.6 is 11.3 Å². The first-order valence-electron chi connectivity index (χ1n) is 18.7. The number of benzene rings is 7. The summed E-state index contributed by atoms with van der Waals surface area (Å²) in [5, 5.41) is 12.5. The molecule has 10 aromatic rings. The van der Waals surface area contributed by atoms with Gasteiger partial charge in [0.1, 0.15) is 11.2 Å². The third kappa shape index (κ3) is 5.22. The Kier molecular flexibility index (Phi) is 7.24. The number of rotatable bonds is 3. The molecule has 0 saturated carbocycles. The third-order valence-corrected chi connectivity index (χ3v) is 12.2. The molecule has 2 heterocycles. The first kappa shape index (κ1) is 31.1. The van der Waals surface area contributed by atoms with Gasteiger partial charge in [-0.15, -0.1) is 11.3 Å². The van der Waals surface area contributed by atoms with Crippen LogP contribution in [0.25, 0.3) is 109 Å². The maximum atomic E-state index is 6.45. The molecule has 1 aliphatic carbocycles. The van der Waals surface area contributed by atoms with Crippen molar-refractivity contribution in [3.05, 3.63) is 180 Å². The fourth-order valence-corrected chi connectivity index (χ4v) is 9.56. The van der Waals surface area contributed by atoms with E-state index in [-0.39, 0.29) is 0 Å². The second-order valence-electron chi connectivity index (χ2n) is 14.3. The van der Waals surface area contributed by atoms with E-state index in [2.05, 4.69) is 182 Å². The molecule has 0 amide bonds. The van der Waals surface area contributed by atoms with Crippen molar-refractivity contribution in [2.75, 3.05) is 0 Å². The van der Waals surface area contributed by atoms with Crippen molar-refractivity contribution in [2.24, 2.45) is 0 Å². The van der Waals surface area contributed by atoms with Crippen molar-refractivity contribution < 1.29 is 4.42 Å². The highest BCUT2D eigenvalue weighted by Crippen LogP contribution is 2.40. The van der Waals surface area contributed by atoms with E-state index in [1.54, 1.807) is 0 Å². The summed E-state index contributed by atoms with van der Waals surface area (Å²) in [5.41, 5.74) is 9.14. The maximum Gasteiger partial charge on any atom is 0.136 e. The summed E-state index contributed by atoms with van der Waals surface area (Å²) >= 11 is 1.86. The van der Waals surface area contributed by atoms with Gasteiger partial charge in [-0.1, -0.05) is 133 Å². The van der Waals surface area contributed by atoms with E-state index in [1.165, 1.54) is 85.5 Å². The lowest BCUT2D eigenvalue weighted by atomic mass is 9.93. The monoisotopic (exact) mass is 706 g/mol. The molecule has 0 spiro atoms. The highest BCUT2D eigenvalue weighted by atomic mass is 32.1. The Morgan fingerprint density at radius 2 is 0.981 bits per heavy atom. The molecule has 0 radical (unpaired) electrons. The molecule has 254 valence electrons. The first-order valence-corrected chi connectivity index (χ1v) is 19.5. The van der Waals surface area contributed by atoms with Crippen molar-refractivity contribution in [2.45, 2.75) is 12.8 Å². The van der Waals surface area contributed by atoms with E-state index in [0.29, 0.717) is 0 Å². The third-order valence-electron chi connectivity index (χ3n) is 11.1. The Bertz CT molecular complexity index is 3320. The van der Waals surface area contributed by atoms with Crippen LogP contribution in [0.5, 0.6) is 0 Å². The molecular weight excluding hydrogens is 673 g/mol. The molecule has 0 bridgehead atoms. The Labute approximate surface area is 316 Å². The van der Waals surface area contributed by atoms with Gasteiger partial charge in [0.05, 0.1) is 0 Å². The number of hydrogen-bond donors (Lipinski definition) is 0. The van der Waals surface area contributed by atoms with Crippen LogP contribution in [0.1, 0.15) is 12.8 Å². The molecule has 2 heteroatoms. The minimum Gasteiger partial charge on any atom is -0.456 e. The van der Waals surface area contributed by atoms with Crippen LogP contribution in [0.4, 0.5) is 0 Å². The molecule has 2 aromatic heterocycles. The number of thiophene rings is 1. The molecule has 0 N–H and O–H groups in total. The number of hydrogen-bond acceptors (Lipinski definition) is 2. The van der Waals surface area contributed by atoms with Crippen LogP contribution < -0.4 is 10.4 Å². The molecule has 0 fully saturated rings. The molecule has 0 atom stereocenters. The SMILES string of the molecule is C1=c2c(-c3ccc(-c4ccc5oc6cc7cc8c(cc7cc6c5c4)sc4ccccc48)cc3)ccccccc(-c3ccc4ccccc4c3)c2=CCC1. The van der Waals surface area contributed by atoms with E-state index in [1.807, 2.05) is 11.3 Å². The van der Waals surface area contributed by atoms with E-state index in [0.717, 1.165) is 34.8 Å². The van der Waals surface area contributed by atoms with Crippen molar-refractivity contribution in [1.82, 2.24) is 0 Å². The molecule has 8 aromatic carbocycles. The molecule has 54 heavy (non-hydrogen) atoms. The van der Waals surface area contributed by atoms with Gasteiger partial charge in [0.25, 0.3) is 0 Å². The highest BCUT2D eigenvalue weighted by molar-refractivity contribution is 7.25. The minimum absolute atomic E-state index is 0.916. The zero-order valence-electron chi connectivity index (χ0n) is 29.6. The molecular formula is C52H34OS. The zero-order valence-corrected chi connectivity index (χ0v) is 30.4. The first-order chi connectivity index (χ1) is 26.7. The van der Waals surface area contributed by atoms with Gasteiger partial charge in [-0.2, -0.15) is 0 Å². The van der Waals surface area contributed by atoms with E-state index in [9.17, 15) is 0 Å². The van der Waals surface area contributed by atoms with Crippen molar-refractivity contribution in [3.63, 3.8) is 0 Å². The van der Waals surface area contributed by atoms with Gasteiger partial charge in [-0.05, 0) is 127 Å². The summed E-state index contributed by atoms with van der Waals surface area (Å²) in [6.07, 6.45) is 6.92. The smallest absolute Gasteiger partial charge is 0.136 e. The van der Waals surface area contributed by atoms with Crippen LogP contribution in [-0.2, 0) is 0 Å². The minimum atomic E-state index is 0.916. The van der Waals surface area contributed by atoms with Crippen LogP contribution in [-0.4, -0.2) is 0 Å². The van der Waals surface area contributed by atoms with Crippen LogP contribution in [0, 0.1) is 0 Å². The van der Waals surface area contributed by atoms with E-state index < -0.39 is 0 Å². The Morgan fingerprint density at radius 1 is 0.352 bits per heavy atom. The fourth-order valence-electron chi connectivity index (χ4n) is 8.42. The largest absolute Gasteiger partial charge is 0.456 e. The van der Waals surface area contributed by atoms with Gasteiger partial charge in [0.15, 0.2) is 0 Å². The lowest BCUT2D eigenvalue weighted by Crippen LogP contribution is -2.29. The van der Waals surface area contributed by atoms with Crippen LogP contribution in [0.2, 0.25) is 0 Å². The molecule has 0 unspecified atom stereocenters. The van der Waals surface area contributed by atoms with Gasteiger partial charge >= 0.3 is 0 Å². The average molecular weight is 707 g/mol. The van der Waals surface area contributed by atoms with Crippen molar-refractivity contribution in [1.29, 1.82) is 0 Å². The molecule has 0 saturated heterocycles. The Morgan fingerprint density at radius 3 is 1.81 bits per heavy atom. The fraction of sp³-hybridized carbons (Fsp3) is 0.0385. The summed E-state index contributed by atoms with van der Waals surface area (Å²) in [6.45, 7) is 0. The summed E-state index contributed by atoms with van der Waals surface area (Å²) < 4.78 is 9.10. The van der Waals surface area contributed by atoms with Gasteiger partial charge in [-0.25, -0.2) is 0 Å².